The molecule has 0 saturated carbocycles. The average molecular weight is 299 g/mol. The minimum Gasteiger partial charge on any atom is -0.493 e. The van der Waals surface area contributed by atoms with Crippen LogP contribution in [0.25, 0.3) is 0 Å². The second kappa shape index (κ2) is 6.60. The van der Waals surface area contributed by atoms with Crippen molar-refractivity contribution in [1.29, 1.82) is 0 Å². The van der Waals surface area contributed by atoms with Crippen molar-refractivity contribution in [2.45, 2.75) is 12.8 Å². The fraction of sp³-hybridized carbons (Fsp3) is 0.278. The Kier molecular flexibility index (Phi) is 4.37. The highest BCUT2D eigenvalue weighted by Gasteiger charge is 2.20. The number of amides is 1. The summed E-state index contributed by atoms with van der Waals surface area (Å²) in [5.41, 5.74) is 1.59. The van der Waals surface area contributed by atoms with Crippen molar-refractivity contribution in [3.63, 3.8) is 0 Å². The van der Waals surface area contributed by atoms with E-state index in [2.05, 4.69) is 5.32 Å². The van der Waals surface area contributed by atoms with Gasteiger partial charge in [-0.15, -0.1) is 0 Å². The van der Waals surface area contributed by atoms with Crippen molar-refractivity contribution in [3.8, 4) is 5.75 Å². The van der Waals surface area contributed by atoms with Gasteiger partial charge in [-0.05, 0) is 29.7 Å². The topological polar surface area (TPSA) is 38.3 Å². The SMILES string of the molecule is O=C(Cc1ccccc1F)NC[C@H]1COc2ccccc2C1. The number of fused-ring (bicyclic) bond motifs is 1. The Balaban J connectivity index is 1.51. The number of para-hydroxylation sites is 1. The molecular formula is C18H18FNO2. The summed E-state index contributed by atoms with van der Waals surface area (Å²) in [5, 5.41) is 2.87. The van der Waals surface area contributed by atoms with Gasteiger partial charge in [0.05, 0.1) is 13.0 Å². The van der Waals surface area contributed by atoms with Crippen LogP contribution >= 0.6 is 0 Å². The van der Waals surface area contributed by atoms with Crippen LogP contribution in [0.2, 0.25) is 0 Å². The van der Waals surface area contributed by atoms with E-state index >= 15 is 0 Å². The molecule has 1 atom stereocenters. The van der Waals surface area contributed by atoms with Crippen LogP contribution in [-0.4, -0.2) is 19.1 Å². The van der Waals surface area contributed by atoms with Gasteiger partial charge in [0.25, 0.3) is 0 Å². The molecule has 2 aromatic rings. The van der Waals surface area contributed by atoms with Crippen LogP contribution in [0.5, 0.6) is 5.75 Å². The lowest BCUT2D eigenvalue weighted by molar-refractivity contribution is -0.120. The standard InChI is InChI=1S/C18H18FNO2/c19-16-7-3-1-5-14(16)10-18(21)20-11-13-9-15-6-2-4-8-17(15)22-12-13/h1-8,13H,9-12H2,(H,20,21)/t13-/m0/s1. The van der Waals surface area contributed by atoms with Crippen molar-refractivity contribution in [2.75, 3.05) is 13.2 Å². The van der Waals surface area contributed by atoms with Gasteiger partial charge in [-0.2, -0.15) is 0 Å². The van der Waals surface area contributed by atoms with Gasteiger partial charge in [-0.25, -0.2) is 4.39 Å². The van der Waals surface area contributed by atoms with Gasteiger partial charge in [-0.3, -0.25) is 4.79 Å². The van der Waals surface area contributed by atoms with Crippen molar-refractivity contribution in [3.05, 3.63) is 65.5 Å². The second-order valence-corrected chi connectivity index (χ2v) is 5.56. The third-order valence-corrected chi connectivity index (χ3v) is 3.85. The molecule has 3 rings (SSSR count). The molecule has 0 unspecified atom stereocenters. The summed E-state index contributed by atoms with van der Waals surface area (Å²) in [4.78, 5) is 11.9. The molecule has 0 fully saturated rings. The molecular weight excluding hydrogens is 281 g/mol. The van der Waals surface area contributed by atoms with Crippen molar-refractivity contribution >= 4 is 5.91 Å². The van der Waals surface area contributed by atoms with Gasteiger partial charge in [0.1, 0.15) is 11.6 Å². The molecule has 0 spiro atoms. The maximum atomic E-state index is 13.5. The van der Waals surface area contributed by atoms with Crippen molar-refractivity contribution in [2.24, 2.45) is 5.92 Å². The molecule has 0 aliphatic carbocycles. The fourth-order valence-electron chi connectivity index (χ4n) is 2.66. The predicted octanol–water partition coefficient (Wildman–Crippen LogP) is 2.74. The van der Waals surface area contributed by atoms with E-state index in [1.54, 1.807) is 18.2 Å². The number of nitrogens with one attached hydrogen (secondary N) is 1. The summed E-state index contributed by atoms with van der Waals surface area (Å²) in [6, 6.07) is 14.3. The zero-order valence-electron chi connectivity index (χ0n) is 12.2. The molecule has 1 heterocycles. The minimum absolute atomic E-state index is 0.0663. The smallest absolute Gasteiger partial charge is 0.224 e. The molecule has 1 aliphatic rings. The van der Waals surface area contributed by atoms with E-state index in [1.165, 1.54) is 11.6 Å². The number of rotatable bonds is 4. The number of carbonyl (C=O) groups excluding carboxylic acids is 1. The summed E-state index contributed by atoms with van der Waals surface area (Å²) in [7, 11) is 0. The molecule has 0 aromatic heterocycles. The van der Waals surface area contributed by atoms with Crippen LogP contribution in [0.4, 0.5) is 4.39 Å². The largest absolute Gasteiger partial charge is 0.493 e. The molecule has 0 bridgehead atoms. The lowest BCUT2D eigenvalue weighted by atomic mass is 9.96. The molecule has 3 nitrogen and oxygen atoms in total. The Hall–Kier alpha value is -2.36. The first kappa shape index (κ1) is 14.6. The number of halogens is 1. The highest BCUT2D eigenvalue weighted by Crippen LogP contribution is 2.26. The summed E-state index contributed by atoms with van der Waals surface area (Å²) in [6.45, 7) is 1.14. The van der Waals surface area contributed by atoms with Gasteiger partial charge in [-0.1, -0.05) is 36.4 Å². The van der Waals surface area contributed by atoms with E-state index < -0.39 is 0 Å². The van der Waals surface area contributed by atoms with E-state index in [4.69, 9.17) is 4.74 Å². The zero-order valence-corrected chi connectivity index (χ0v) is 12.2. The quantitative estimate of drug-likeness (QED) is 0.942. The first-order valence-corrected chi connectivity index (χ1v) is 7.43. The Labute approximate surface area is 129 Å². The first-order valence-electron chi connectivity index (χ1n) is 7.43. The number of hydrogen-bond donors (Lipinski definition) is 1. The molecule has 4 heteroatoms. The van der Waals surface area contributed by atoms with Gasteiger partial charge in [0.15, 0.2) is 0 Å². The maximum Gasteiger partial charge on any atom is 0.224 e. The number of ether oxygens (including phenoxy) is 1. The van der Waals surface area contributed by atoms with Crippen LogP contribution in [0, 0.1) is 11.7 Å². The van der Waals surface area contributed by atoms with E-state index in [9.17, 15) is 9.18 Å². The molecule has 1 aliphatic heterocycles. The number of hydrogen-bond acceptors (Lipinski definition) is 2. The first-order chi connectivity index (χ1) is 10.7. The van der Waals surface area contributed by atoms with Crippen LogP contribution < -0.4 is 10.1 Å². The van der Waals surface area contributed by atoms with E-state index in [-0.39, 0.29) is 24.1 Å². The monoisotopic (exact) mass is 299 g/mol. The van der Waals surface area contributed by atoms with Crippen molar-refractivity contribution in [1.82, 2.24) is 5.32 Å². The van der Waals surface area contributed by atoms with Crippen LogP contribution in [0.1, 0.15) is 11.1 Å². The summed E-state index contributed by atoms with van der Waals surface area (Å²) < 4.78 is 19.2. The van der Waals surface area contributed by atoms with Gasteiger partial charge < -0.3 is 10.1 Å². The Bertz CT molecular complexity index is 672. The van der Waals surface area contributed by atoms with Crippen LogP contribution in [0.15, 0.2) is 48.5 Å². The Morgan fingerprint density at radius 1 is 1.18 bits per heavy atom. The summed E-state index contributed by atoms with van der Waals surface area (Å²) in [5.74, 6) is 0.674. The fourth-order valence-corrected chi connectivity index (χ4v) is 2.66. The lowest BCUT2D eigenvalue weighted by Crippen LogP contribution is -2.35. The molecule has 1 amide bonds. The van der Waals surface area contributed by atoms with E-state index in [1.807, 2.05) is 24.3 Å². The molecule has 22 heavy (non-hydrogen) atoms. The van der Waals surface area contributed by atoms with Crippen LogP contribution in [-0.2, 0) is 17.6 Å². The highest BCUT2D eigenvalue weighted by atomic mass is 19.1. The predicted molar refractivity (Wildman–Crippen MR) is 82.2 cm³/mol. The number of benzene rings is 2. The Morgan fingerprint density at radius 3 is 2.82 bits per heavy atom. The highest BCUT2D eigenvalue weighted by molar-refractivity contribution is 5.78. The van der Waals surface area contributed by atoms with Gasteiger partial charge in [0, 0.05) is 12.5 Å². The molecule has 0 radical (unpaired) electrons. The molecule has 114 valence electrons. The molecule has 2 aromatic carbocycles. The molecule has 0 saturated heterocycles. The maximum absolute atomic E-state index is 13.5. The van der Waals surface area contributed by atoms with Crippen molar-refractivity contribution < 1.29 is 13.9 Å². The van der Waals surface area contributed by atoms with Crippen LogP contribution in [0.3, 0.4) is 0 Å². The van der Waals surface area contributed by atoms with Gasteiger partial charge in [0.2, 0.25) is 5.91 Å². The average Bonchev–Trinajstić information content (AvgIpc) is 2.55. The van der Waals surface area contributed by atoms with E-state index in [0.717, 1.165) is 12.2 Å². The van der Waals surface area contributed by atoms with E-state index in [0.29, 0.717) is 18.7 Å². The molecule has 1 N–H and O–H groups in total. The zero-order chi connectivity index (χ0) is 15.4. The third-order valence-electron chi connectivity index (χ3n) is 3.85. The summed E-state index contributed by atoms with van der Waals surface area (Å²) >= 11 is 0. The van der Waals surface area contributed by atoms with Gasteiger partial charge >= 0.3 is 0 Å². The lowest BCUT2D eigenvalue weighted by Gasteiger charge is -2.25. The normalized spacial score (nSPS) is 16.5. The minimum atomic E-state index is -0.340. The second-order valence-electron chi connectivity index (χ2n) is 5.56. The Morgan fingerprint density at radius 2 is 1.95 bits per heavy atom. The summed E-state index contributed by atoms with van der Waals surface area (Å²) in [6.07, 6.45) is 0.951. The third kappa shape index (κ3) is 3.45. The number of carbonyl (C=O) groups is 1.